The zero-order valence-electron chi connectivity index (χ0n) is 12.6. The highest BCUT2D eigenvalue weighted by atomic mass is 32.1. The molecule has 4 rings (SSSR count). The van der Waals surface area contributed by atoms with E-state index in [1.807, 2.05) is 11.3 Å². The second-order valence-electron chi connectivity index (χ2n) is 6.72. The van der Waals surface area contributed by atoms with E-state index >= 15 is 0 Å². The Bertz CT molecular complexity index is 968. The predicted molar refractivity (Wildman–Crippen MR) is 95.5 cm³/mol. The zero-order valence-corrected chi connectivity index (χ0v) is 13.4. The van der Waals surface area contributed by atoms with Gasteiger partial charge in [-0.2, -0.15) is 0 Å². The molecule has 0 saturated carbocycles. The van der Waals surface area contributed by atoms with Crippen LogP contribution in [0.5, 0.6) is 0 Å². The first-order chi connectivity index (χ1) is 10.0. The van der Waals surface area contributed by atoms with Gasteiger partial charge in [-0.1, -0.05) is 57.2 Å². The fourth-order valence-corrected chi connectivity index (χ4v) is 4.12. The minimum absolute atomic E-state index is 0.188. The fourth-order valence-electron chi connectivity index (χ4n) is 3.01. The van der Waals surface area contributed by atoms with Crippen LogP contribution in [0.2, 0.25) is 0 Å². The Morgan fingerprint density at radius 2 is 1.52 bits per heavy atom. The molecule has 1 heterocycles. The van der Waals surface area contributed by atoms with Gasteiger partial charge in [-0.25, -0.2) is 0 Å². The summed E-state index contributed by atoms with van der Waals surface area (Å²) < 4.78 is 2.77. The van der Waals surface area contributed by atoms with Gasteiger partial charge in [-0.05, 0) is 39.9 Å². The van der Waals surface area contributed by atoms with E-state index in [4.69, 9.17) is 0 Å². The second kappa shape index (κ2) is 4.32. The van der Waals surface area contributed by atoms with Crippen LogP contribution in [0, 0.1) is 0 Å². The zero-order chi connectivity index (χ0) is 14.6. The lowest BCUT2D eigenvalue weighted by Gasteiger charge is -2.19. The summed E-state index contributed by atoms with van der Waals surface area (Å²) in [4.78, 5) is 0. The predicted octanol–water partition coefficient (Wildman–Crippen LogP) is 6.51. The van der Waals surface area contributed by atoms with Gasteiger partial charge in [-0.3, -0.25) is 0 Å². The fraction of sp³-hybridized carbons (Fsp3) is 0.200. The summed E-state index contributed by atoms with van der Waals surface area (Å²) in [7, 11) is 0. The van der Waals surface area contributed by atoms with Crippen molar-refractivity contribution in [2.24, 2.45) is 0 Å². The molecule has 0 saturated heterocycles. The number of thiophene rings is 1. The Kier molecular flexibility index (Phi) is 2.64. The Balaban J connectivity index is 2.19. The number of hydrogen-bond donors (Lipinski definition) is 0. The van der Waals surface area contributed by atoms with Gasteiger partial charge < -0.3 is 0 Å². The lowest BCUT2D eigenvalue weighted by atomic mass is 9.86. The molecule has 104 valence electrons. The third-order valence-electron chi connectivity index (χ3n) is 4.23. The first-order valence-electron chi connectivity index (χ1n) is 7.38. The van der Waals surface area contributed by atoms with Crippen molar-refractivity contribution in [2.45, 2.75) is 26.2 Å². The standard InChI is InChI=1S/C20H18S/c1-20(2,3)14-9-11-17-16(12-14)19-15-7-5-4-6-13(15)8-10-18(19)21-17/h4-12H,1-3H3. The van der Waals surface area contributed by atoms with Crippen LogP contribution in [-0.2, 0) is 5.41 Å². The molecule has 0 aliphatic rings. The van der Waals surface area contributed by atoms with Crippen LogP contribution >= 0.6 is 11.3 Å². The molecular formula is C20H18S. The van der Waals surface area contributed by atoms with Gasteiger partial charge in [0.2, 0.25) is 0 Å². The van der Waals surface area contributed by atoms with Crippen molar-refractivity contribution in [2.75, 3.05) is 0 Å². The van der Waals surface area contributed by atoms with Crippen molar-refractivity contribution in [1.82, 2.24) is 0 Å². The average molecular weight is 290 g/mol. The Morgan fingerprint density at radius 3 is 2.33 bits per heavy atom. The topological polar surface area (TPSA) is 0 Å². The normalized spacial score (nSPS) is 12.5. The van der Waals surface area contributed by atoms with Crippen LogP contribution in [0.3, 0.4) is 0 Å². The van der Waals surface area contributed by atoms with Crippen LogP contribution in [0.15, 0.2) is 54.6 Å². The van der Waals surface area contributed by atoms with Gasteiger partial charge in [0.05, 0.1) is 0 Å². The van der Waals surface area contributed by atoms with E-state index in [0.29, 0.717) is 0 Å². The van der Waals surface area contributed by atoms with Crippen LogP contribution in [0.25, 0.3) is 30.9 Å². The van der Waals surface area contributed by atoms with Crippen molar-refractivity contribution < 1.29 is 0 Å². The summed E-state index contributed by atoms with van der Waals surface area (Å²) in [5, 5.41) is 5.51. The first kappa shape index (κ1) is 12.8. The molecule has 0 N–H and O–H groups in total. The SMILES string of the molecule is CC(C)(C)c1ccc2sc3ccc4ccccc4c3c2c1. The van der Waals surface area contributed by atoms with Crippen molar-refractivity contribution in [3.63, 3.8) is 0 Å². The third kappa shape index (κ3) is 1.96. The van der Waals surface area contributed by atoms with Crippen LogP contribution in [0.1, 0.15) is 26.3 Å². The Morgan fingerprint density at radius 1 is 0.762 bits per heavy atom. The third-order valence-corrected chi connectivity index (χ3v) is 5.36. The monoisotopic (exact) mass is 290 g/mol. The Hall–Kier alpha value is -1.86. The van der Waals surface area contributed by atoms with Crippen LogP contribution in [0.4, 0.5) is 0 Å². The summed E-state index contributed by atoms with van der Waals surface area (Å²) >= 11 is 1.90. The molecule has 0 fully saturated rings. The Labute approximate surface area is 129 Å². The average Bonchev–Trinajstić information content (AvgIpc) is 2.84. The molecule has 0 radical (unpaired) electrons. The van der Waals surface area contributed by atoms with E-state index in [1.54, 1.807) is 0 Å². The maximum absolute atomic E-state index is 2.39. The minimum Gasteiger partial charge on any atom is -0.135 e. The van der Waals surface area contributed by atoms with Crippen molar-refractivity contribution in [1.29, 1.82) is 0 Å². The van der Waals surface area contributed by atoms with Gasteiger partial charge in [0.15, 0.2) is 0 Å². The number of fused-ring (bicyclic) bond motifs is 5. The molecule has 0 spiro atoms. The van der Waals surface area contributed by atoms with Crippen molar-refractivity contribution in [3.8, 4) is 0 Å². The summed E-state index contributed by atoms with van der Waals surface area (Å²) in [6.45, 7) is 6.84. The highest BCUT2D eigenvalue weighted by Gasteiger charge is 2.16. The molecule has 0 nitrogen and oxygen atoms in total. The summed E-state index contributed by atoms with van der Waals surface area (Å²) in [5.74, 6) is 0. The molecule has 21 heavy (non-hydrogen) atoms. The first-order valence-corrected chi connectivity index (χ1v) is 8.20. The van der Waals surface area contributed by atoms with Gasteiger partial charge in [0.1, 0.15) is 0 Å². The largest absolute Gasteiger partial charge is 0.135 e. The van der Waals surface area contributed by atoms with E-state index in [9.17, 15) is 0 Å². The number of benzene rings is 3. The molecule has 1 heteroatoms. The maximum atomic E-state index is 2.39. The molecule has 0 aliphatic heterocycles. The number of hydrogen-bond acceptors (Lipinski definition) is 1. The van der Waals surface area contributed by atoms with Crippen LogP contribution in [-0.4, -0.2) is 0 Å². The summed E-state index contributed by atoms with van der Waals surface area (Å²) in [5.41, 5.74) is 1.59. The molecular weight excluding hydrogens is 272 g/mol. The van der Waals surface area contributed by atoms with Gasteiger partial charge in [0.25, 0.3) is 0 Å². The molecule has 4 aromatic rings. The molecule has 0 amide bonds. The quantitative estimate of drug-likeness (QED) is 0.346. The van der Waals surface area contributed by atoms with Crippen molar-refractivity contribution in [3.05, 3.63) is 60.2 Å². The lowest BCUT2D eigenvalue weighted by molar-refractivity contribution is 0.591. The van der Waals surface area contributed by atoms with Gasteiger partial charge >= 0.3 is 0 Å². The second-order valence-corrected chi connectivity index (χ2v) is 7.81. The molecule has 0 unspecified atom stereocenters. The van der Waals surface area contributed by atoms with E-state index in [2.05, 4.69) is 75.4 Å². The molecule has 0 atom stereocenters. The van der Waals surface area contributed by atoms with Crippen molar-refractivity contribution >= 4 is 42.3 Å². The van der Waals surface area contributed by atoms with E-state index < -0.39 is 0 Å². The van der Waals surface area contributed by atoms with E-state index in [0.717, 1.165) is 0 Å². The van der Waals surface area contributed by atoms with Gasteiger partial charge in [0, 0.05) is 20.2 Å². The lowest BCUT2D eigenvalue weighted by Crippen LogP contribution is -2.10. The number of rotatable bonds is 0. The highest BCUT2D eigenvalue weighted by molar-refractivity contribution is 7.26. The minimum atomic E-state index is 0.188. The highest BCUT2D eigenvalue weighted by Crippen LogP contribution is 2.40. The summed E-state index contributed by atoms with van der Waals surface area (Å²) in [6.07, 6.45) is 0. The van der Waals surface area contributed by atoms with Gasteiger partial charge in [-0.15, -0.1) is 11.3 Å². The molecule has 3 aromatic carbocycles. The molecule has 0 aliphatic carbocycles. The van der Waals surface area contributed by atoms with E-state index in [1.165, 1.54) is 36.5 Å². The van der Waals surface area contributed by atoms with E-state index in [-0.39, 0.29) is 5.41 Å². The molecule has 1 aromatic heterocycles. The molecule has 0 bridgehead atoms. The van der Waals surface area contributed by atoms with Crippen LogP contribution < -0.4 is 0 Å². The smallest absolute Gasteiger partial charge is 0.0361 e. The summed E-state index contributed by atoms with van der Waals surface area (Å²) in [6, 6.07) is 20.1. The maximum Gasteiger partial charge on any atom is 0.0361 e.